The van der Waals surface area contributed by atoms with Crippen molar-refractivity contribution in [2.45, 2.75) is 44.6 Å². The second-order valence-corrected chi connectivity index (χ2v) is 3.97. The van der Waals surface area contributed by atoms with Crippen LogP contribution in [0.15, 0.2) is 0 Å². The number of carbonyl (C=O) groups is 2. The molecule has 0 aliphatic carbocycles. The molecular weight excluding hydrogens is 256 g/mol. The number of carbonyl (C=O) groups excluding carboxylic acids is 2. The van der Waals surface area contributed by atoms with Gasteiger partial charge in [0.05, 0.1) is 6.61 Å². The van der Waals surface area contributed by atoms with Gasteiger partial charge in [0.15, 0.2) is 5.78 Å². The van der Waals surface area contributed by atoms with Crippen molar-refractivity contribution in [3.63, 3.8) is 0 Å². The van der Waals surface area contributed by atoms with Crippen LogP contribution in [0.4, 0.5) is 0 Å². The standard InChI is InChI=1S/C8H15NO6.C3H9N/c1-3(11)6(13)5(9)8(15)7(14)4(12)2-10;1-2-3-4/h4-5,7-8,10,12,14-15H,2,9H2,1H3;2-4H2,1H3/t4-,5+,7-,8-;/m1./s1. The average molecular weight is 280 g/mol. The number of hydrogen-bond acceptors (Lipinski definition) is 8. The van der Waals surface area contributed by atoms with Crippen molar-refractivity contribution in [1.29, 1.82) is 0 Å². The Morgan fingerprint density at radius 3 is 1.84 bits per heavy atom. The van der Waals surface area contributed by atoms with Gasteiger partial charge in [0.2, 0.25) is 5.78 Å². The Hall–Kier alpha value is -0.900. The summed E-state index contributed by atoms with van der Waals surface area (Å²) >= 11 is 0. The molecule has 0 fully saturated rings. The van der Waals surface area contributed by atoms with Crippen molar-refractivity contribution in [2.75, 3.05) is 13.2 Å². The molecule has 19 heavy (non-hydrogen) atoms. The molecule has 0 aromatic rings. The summed E-state index contributed by atoms with van der Waals surface area (Å²) in [5.74, 6) is -1.90. The third kappa shape index (κ3) is 7.98. The van der Waals surface area contributed by atoms with Crippen molar-refractivity contribution >= 4 is 11.6 Å². The van der Waals surface area contributed by atoms with Gasteiger partial charge in [-0.1, -0.05) is 6.92 Å². The van der Waals surface area contributed by atoms with E-state index >= 15 is 0 Å². The van der Waals surface area contributed by atoms with E-state index < -0.39 is 42.5 Å². The van der Waals surface area contributed by atoms with Crippen LogP contribution in [0.25, 0.3) is 0 Å². The molecule has 114 valence electrons. The molecule has 0 rings (SSSR count). The zero-order chi connectivity index (χ0) is 15.6. The molecule has 0 spiro atoms. The van der Waals surface area contributed by atoms with Gasteiger partial charge in [-0.25, -0.2) is 0 Å². The predicted molar refractivity (Wildman–Crippen MR) is 68.1 cm³/mol. The van der Waals surface area contributed by atoms with Crippen molar-refractivity contribution in [3.8, 4) is 0 Å². The highest BCUT2D eigenvalue weighted by molar-refractivity contribution is 6.38. The average Bonchev–Trinajstić information content (AvgIpc) is 2.42. The Morgan fingerprint density at radius 2 is 1.58 bits per heavy atom. The molecular formula is C11H24N2O6. The van der Waals surface area contributed by atoms with E-state index in [9.17, 15) is 19.8 Å². The molecule has 0 unspecified atom stereocenters. The predicted octanol–water partition coefficient (Wildman–Crippen LogP) is -3.10. The number of hydrogen-bond donors (Lipinski definition) is 6. The molecule has 4 atom stereocenters. The van der Waals surface area contributed by atoms with Gasteiger partial charge in [0.1, 0.15) is 24.4 Å². The highest BCUT2D eigenvalue weighted by Gasteiger charge is 2.34. The second-order valence-electron chi connectivity index (χ2n) is 3.97. The molecule has 0 aliphatic rings. The van der Waals surface area contributed by atoms with Gasteiger partial charge >= 0.3 is 0 Å². The van der Waals surface area contributed by atoms with Crippen LogP contribution in [0.2, 0.25) is 0 Å². The number of aliphatic hydroxyl groups excluding tert-OH is 4. The summed E-state index contributed by atoms with van der Waals surface area (Å²) in [6.07, 6.45) is -4.11. The van der Waals surface area contributed by atoms with E-state index in [1.54, 1.807) is 0 Å². The largest absolute Gasteiger partial charge is 0.394 e. The van der Waals surface area contributed by atoms with Gasteiger partial charge in [-0.2, -0.15) is 0 Å². The van der Waals surface area contributed by atoms with E-state index in [0.29, 0.717) is 0 Å². The normalized spacial score (nSPS) is 16.6. The van der Waals surface area contributed by atoms with Crippen LogP contribution >= 0.6 is 0 Å². The summed E-state index contributed by atoms with van der Waals surface area (Å²) in [6, 6.07) is -1.61. The molecule has 0 aromatic heterocycles. The first-order valence-corrected chi connectivity index (χ1v) is 5.89. The Balaban J connectivity index is 0. The molecule has 0 bridgehead atoms. The molecule has 0 aliphatic heterocycles. The zero-order valence-corrected chi connectivity index (χ0v) is 11.2. The maximum Gasteiger partial charge on any atom is 0.217 e. The van der Waals surface area contributed by atoms with Crippen LogP contribution in [-0.2, 0) is 9.59 Å². The summed E-state index contributed by atoms with van der Waals surface area (Å²) < 4.78 is 0. The van der Waals surface area contributed by atoms with Crippen LogP contribution in [0.5, 0.6) is 0 Å². The first-order chi connectivity index (χ1) is 8.74. The highest BCUT2D eigenvalue weighted by atomic mass is 16.4. The maximum atomic E-state index is 11.0. The van der Waals surface area contributed by atoms with Gasteiger partial charge in [-0.05, 0) is 13.0 Å². The maximum absolute atomic E-state index is 11.0. The third-order valence-corrected chi connectivity index (χ3v) is 2.24. The molecule has 0 aromatic carbocycles. The van der Waals surface area contributed by atoms with Crippen LogP contribution in [-0.4, -0.2) is 69.5 Å². The second kappa shape index (κ2) is 11.0. The first kappa shape index (κ1) is 20.4. The lowest BCUT2D eigenvalue weighted by Crippen LogP contribution is -2.54. The lowest BCUT2D eigenvalue weighted by atomic mass is 9.97. The fourth-order valence-electron chi connectivity index (χ4n) is 0.938. The number of ketones is 2. The molecule has 0 radical (unpaired) electrons. The third-order valence-electron chi connectivity index (χ3n) is 2.24. The molecule has 0 saturated carbocycles. The van der Waals surface area contributed by atoms with Crippen LogP contribution < -0.4 is 11.5 Å². The van der Waals surface area contributed by atoms with E-state index in [-0.39, 0.29) is 0 Å². The quantitative estimate of drug-likeness (QED) is 0.267. The molecule has 0 saturated heterocycles. The Labute approximate surface area is 112 Å². The number of nitrogens with two attached hydrogens (primary N) is 2. The topological polar surface area (TPSA) is 167 Å². The molecule has 0 amide bonds. The zero-order valence-electron chi connectivity index (χ0n) is 11.2. The number of Topliss-reactive ketones (excluding diaryl/α,β-unsaturated/α-hetero) is 2. The van der Waals surface area contributed by atoms with Crippen molar-refractivity contribution < 1.29 is 30.0 Å². The minimum absolute atomic E-state index is 0.792. The Bertz CT molecular complexity index is 272. The molecule has 8 nitrogen and oxygen atoms in total. The number of aliphatic hydroxyl groups is 4. The summed E-state index contributed by atoms with van der Waals surface area (Å²) in [4.78, 5) is 21.6. The van der Waals surface area contributed by atoms with E-state index in [4.69, 9.17) is 21.7 Å². The molecule has 0 heterocycles. The highest BCUT2D eigenvalue weighted by Crippen LogP contribution is 2.04. The van der Waals surface area contributed by atoms with Crippen molar-refractivity contribution in [2.24, 2.45) is 11.5 Å². The van der Waals surface area contributed by atoms with Gasteiger partial charge in [0.25, 0.3) is 0 Å². The van der Waals surface area contributed by atoms with Gasteiger partial charge in [0, 0.05) is 6.92 Å². The summed E-state index contributed by atoms with van der Waals surface area (Å²) in [5.41, 5.74) is 10.2. The molecule has 8 heteroatoms. The van der Waals surface area contributed by atoms with Crippen molar-refractivity contribution in [1.82, 2.24) is 0 Å². The fourth-order valence-corrected chi connectivity index (χ4v) is 0.938. The minimum atomic E-state index is -1.80. The molecule has 8 N–H and O–H groups in total. The van der Waals surface area contributed by atoms with Gasteiger partial charge in [-0.15, -0.1) is 0 Å². The first-order valence-electron chi connectivity index (χ1n) is 5.89. The van der Waals surface area contributed by atoms with Crippen LogP contribution in [0, 0.1) is 0 Å². The van der Waals surface area contributed by atoms with Crippen LogP contribution in [0.1, 0.15) is 20.3 Å². The number of rotatable bonds is 7. The smallest absolute Gasteiger partial charge is 0.217 e. The summed E-state index contributed by atoms with van der Waals surface area (Å²) in [6.45, 7) is 3.06. The minimum Gasteiger partial charge on any atom is -0.394 e. The van der Waals surface area contributed by atoms with Crippen molar-refractivity contribution in [3.05, 3.63) is 0 Å². The Kier molecular flexibility index (Phi) is 11.8. The van der Waals surface area contributed by atoms with E-state index in [1.165, 1.54) is 0 Å². The monoisotopic (exact) mass is 280 g/mol. The fraction of sp³-hybridized carbons (Fsp3) is 0.818. The van der Waals surface area contributed by atoms with Crippen LogP contribution in [0.3, 0.4) is 0 Å². The Morgan fingerprint density at radius 1 is 1.16 bits per heavy atom. The van der Waals surface area contributed by atoms with E-state index in [1.807, 2.05) is 0 Å². The summed E-state index contributed by atoms with van der Waals surface area (Å²) in [5, 5.41) is 35.9. The van der Waals surface area contributed by atoms with Gasteiger partial charge < -0.3 is 31.9 Å². The SMILES string of the molecule is CC(=O)C(=O)[C@H](N)[C@@H](O)[C@H](O)[C@H](O)CO.CCCN. The lowest BCUT2D eigenvalue weighted by molar-refractivity contribution is -0.141. The van der Waals surface area contributed by atoms with E-state index in [2.05, 4.69) is 6.92 Å². The lowest BCUT2D eigenvalue weighted by Gasteiger charge is -2.24. The summed E-state index contributed by atoms with van der Waals surface area (Å²) in [7, 11) is 0. The van der Waals surface area contributed by atoms with Gasteiger partial charge in [-0.3, -0.25) is 9.59 Å². The van der Waals surface area contributed by atoms with E-state index in [0.717, 1.165) is 19.9 Å².